The van der Waals surface area contributed by atoms with E-state index in [1.807, 2.05) is 25.1 Å². The lowest BCUT2D eigenvalue weighted by molar-refractivity contribution is -0.116. The number of allylic oxidation sites excluding steroid dienone is 3. The van der Waals surface area contributed by atoms with Crippen LogP contribution in [0.1, 0.15) is 42.7 Å². The Kier molecular flexibility index (Phi) is 7.51. The van der Waals surface area contributed by atoms with Crippen molar-refractivity contribution in [3.8, 4) is 23.0 Å². The zero-order valence-electron chi connectivity index (χ0n) is 22.9. The van der Waals surface area contributed by atoms with Gasteiger partial charge in [-0.25, -0.2) is 0 Å². The maximum atomic E-state index is 13.9. The third-order valence-corrected chi connectivity index (χ3v) is 7.53. The third-order valence-electron chi connectivity index (χ3n) is 7.53. The fourth-order valence-electron chi connectivity index (χ4n) is 5.56. The van der Waals surface area contributed by atoms with Gasteiger partial charge in [-0.3, -0.25) is 9.59 Å². The van der Waals surface area contributed by atoms with Crippen molar-refractivity contribution in [3.05, 3.63) is 100 Å². The maximum absolute atomic E-state index is 13.9. The molecule has 0 aromatic heterocycles. The highest BCUT2D eigenvalue weighted by Crippen LogP contribution is 2.46. The number of hydrogen-bond acceptors (Lipinski definition) is 7. The van der Waals surface area contributed by atoms with Crippen molar-refractivity contribution in [3.63, 3.8) is 0 Å². The Morgan fingerprint density at radius 1 is 0.875 bits per heavy atom. The quantitative estimate of drug-likeness (QED) is 0.368. The van der Waals surface area contributed by atoms with Crippen LogP contribution in [-0.2, 0) is 9.59 Å². The summed E-state index contributed by atoms with van der Waals surface area (Å²) in [6, 6.07) is 19.5. The largest absolute Gasteiger partial charge is 0.508 e. The summed E-state index contributed by atoms with van der Waals surface area (Å²) in [5.41, 5.74) is 4.84. The van der Waals surface area contributed by atoms with Gasteiger partial charge < -0.3 is 30.0 Å². The van der Waals surface area contributed by atoms with E-state index in [-0.39, 0.29) is 29.8 Å². The van der Waals surface area contributed by atoms with Crippen molar-refractivity contribution in [1.29, 1.82) is 0 Å². The molecule has 8 heteroatoms. The van der Waals surface area contributed by atoms with Crippen LogP contribution < -0.4 is 24.8 Å². The van der Waals surface area contributed by atoms with Gasteiger partial charge in [-0.05, 0) is 78.9 Å². The van der Waals surface area contributed by atoms with Crippen molar-refractivity contribution in [1.82, 2.24) is 5.32 Å². The molecule has 0 saturated heterocycles. The monoisotopic (exact) mass is 540 g/mol. The van der Waals surface area contributed by atoms with Gasteiger partial charge in [-0.15, -0.1) is 0 Å². The molecule has 40 heavy (non-hydrogen) atoms. The number of Topliss-reactive ketones (excluding diaryl/α,β-unsaturated/α-hetero) is 1. The van der Waals surface area contributed by atoms with Crippen LogP contribution in [0.15, 0.2) is 89.3 Å². The molecule has 2 unspecified atom stereocenters. The van der Waals surface area contributed by atoms with E-state index in [0.717, 1.165) is 16.8 Å². The molecule has 3 aromatic carbocycles. The number of methoxy groups -OCH3 is 3. The van der Waals surface area contributed by atoms with Crippen LogP contribution in [0.2, 0.25) is 0 Å². The Hall–Kier alpha value is -4.72. The van der Waals surface area contributed by atoms with E-state index < -0.39 is 5.92 Å². The fraction of sp³-hybridized carbons (Fsp3) is 0.250. The highest BCUT2D eigenvalue weighted by molar-refractivity contribution is 6.10. The van der Waals surface area contributed by atoms with E-state index in [1.54, 1.807) is 69.9 Å². The van der Waals surface area contributed by atoms with Crippen molar-refractivity contribution in [2.24, 2.45) is 0 Å². The highest BCUT2D eigenvalue weighted by atomic mass is 16.5. The predicted octanol–water partition coefficient (Wildman–Crippen LogP) is 5.42. The number of benzene rings is 3. The molecule has 0 spiro atoms. The molecule has 0 radical (unpaired) electrons. The van der Waals surface area contributed by atoms with Crippen molar-refractivity contribution in [2.75, 3.05) is 26.6 Å². The molecule has 1 amide bonds. The van der Waals surface area contributed by atoms with E-state index in [0.29, 0.717) is 46.2 Å². The van der Waals surface area contributed by atoms with E-state index >= 15 is 0 Å². The minimum atomic E-state index is -0.589. The first-order chi connectivity index (χ1) is 19.3. The number of phenols is 1. The predicted molar refractivity (Wildman–Crippen MR) is 152 cm³/mol. The van der Waals surface area contributed by atoms with Crippen LogP contribution in [0.5, 0.6) is 23.0 Å². The third kappa shape index (κ3) is 5.12. The summed E-state index contributed by atoms with van der Waals surface area (Å²) in [6.07, 6.45) is 0.882. The summed E-state index contributed by atoms with van der Waals surface area (Å²) in [4.78, 5) is 27.6. The molecule has 0 bridgehead atoms. The summed E-state index contributed by atoms with van der Waals surface area (Å²) in [6.45, 7) is 1.85. The minimum absolute atomic E-state index is 0.0335. The lowest BCUT2D eigenvalue weighted by Gasteiger charge is -2.37. The Bertz CT molecular complexity index is 1510. The number of phenolic OH excluding ortho intramolecular Hbond substituents is 1. The maximum Gasteiger partial charge on any atom is 0.254 e. The summed E-state index contributed by atoms with van der Waals surface area (Å²) >= 11 is 0. The number of anilines is 1. The van der Waals surface area contributed by atoms with Gasteiger partial charge in [-0.2, -0.15) is 0 Å². The SMILES string of the molecule is COc1ccc(NC(=O)C2=C(C)NC3=C(C(=O)CC(c4ccc(OC)c(OC)c4)C3)C2c2ccc(O)cc2)cc1. The number of hydrogen-bond donors (Lipinski definition) is 3. The number of amides is 1. The number of aromatic hydroxyl groups is 1. The molecule has 3 N–H and O–H groups in total. The number of nitrogens with one attached hydrogen (secondary N) is 2. The number of carbonyl (C=O) groups excluding carboxylic acids is 2. The average molecular weight is 541 g/mol. The Balaban J connectivity index is 1.52. The molecule has 2 atom stereocenters. The molecule has 206 valence electrons. The van der Waals surface area contributed by atoms with E-state index in [1.165, 1.54) is 0 Å². The van der Waals surface area contributed by atoms with Gasteiger partial charge in [0.2, 0.25) is 0 Å². The van der Waals surface area contributed by atoms with Crippen LogP contribution in [0.25, 0.3) is 0 Å². The molecule has 2 aliphatic rings. The van der Waals surface area contributed by atoms with E-state index in [9.17, 15) is 14.7 Å². The van der Waals surface area contributed by atoms with Crippen LogP contribution >= 0.6 is 0 Å². The van der Waals surface area contributed by atoms with Crippen molar-refractivity contribution >= 4 is 17.4 Å². The zero-order chi connectivity index (χ0) is 28.4. The number of carbonyl (C=O) groups is 2. The molecule has 1 heterocycles. The molecular weight excluding hydrogens is 508 g/mol. The fourth-order valence-corrected chi connectivity index (χ4v) is 5.56. The van der Waals surface area contributed by atoms with Gasteiger partial charge in [0.05, 0.1) is 21.3 Å². The summed E-state index contributed by atoms with van der Waals surface area (Å²) in [5, 5.41) is 16.3. The Labute approximate surface area is 233 Å². The lowest BCUT2D eigenvalue weighted by Crippen LogP contribution is -2.37. The van der Waals surface area contributed by atoms with Crippen molar-refractivity contribution < 1.29 is 28.9 Å². The van der Waals surface area contributed by atoms with Gasteiger partial charge >= 0.3 is 0 Å². The normalized spacial score (nSPS) is 18.6. The molecule has 1 aliphatic heterocycles. The highest BCUT2D eigenvalue weighted by Gasteiger charge is 2.41. The number of rotatable bonds is 7. The number of ketones is 1. The number of dihydropyridines is 1. The van der Waals surface area contributed by atoms with Gasteiger partial charge in [0.25, 0.3) is 5.91 Å². The van der Waals surface area contributed by atoms with E-state index in [2.05, 4.69) is 10.6 Å². The first-order valence-electron chi connectivity index (χ1n) is 13.0. The first kappa shape index (κ1) is 26.9. The minimum Gasteiger partial charge on any atom is -0.508 e. The van der Waals surface area contributed by atoms with Crippen LogP contribution in [0.4, 0.5) is 5.69 Å². The molecule has 8 nitrogen and oxygen atoms in total. The zero-order valence-corrected chi connectivity index (χ0v) is 22.9. The molecule has 3 aromatic rings. The Morgan fingerprint density at radius 2 is 1.55 bits per heavy atom. The molecule has 5 rings (SSSR count). The molecule has 1 aliphatic carbocycles. The summed E-state index contributed by atoms with van der Waals surface area (Å²) in [7, 11) is 4.76. The van der Waals surface area contributed by atoms with Gasteiger partial charge in [-0.1, -0.05) is 18.2 Å². The standard InChI is InChI=1S/C32H32N2O6/c1-18-29(32(37)34-22-8-12-24(38-2)13-9-22)30(19-5-10-23(35)11-6-19)31-25(33-18)15-21(16-26(31)36)20-7-14-27(39-3)28(17-20)40-4/h5-14,17,21,30,33,35H,15-16H2,1-4H3,(H,34,37). The first-order valence-corrected chi connectivity index (χ1v) is 13.0. The molecular formula is C32H32N2O6. The molecule has 0 fully saturated rings. The average Bonchev–Trinajstić information content (AvgIpc) is 2.96. The lowest BCUT2D eigenvalue weighted by atomic mass is 9.71. The van der Waals surface area contributed by atoms with Gasteiger partial charge in [0.1, 0.15) is 11.5 Å². The summed E-state index contributed by atoms with van der Waals surface area (Å²) < 4.78 is 16.1. The van der Waals surface area contributed by atoms with Crippen LogP contribution in [0, 0.1) is 0 Å². The smallest absolute Gasteiger partial charge is 0.254 e. The van der Waals surface area contributed by atoms with Crippen LogP contribution in [-0.4, -0.2) is 38.1 Å². The second-order valence-corrected chi connectivity index (χ2v) is 9.91. The molecule has 0 saturated carbocycles. The van der Waals surface area contributed by atoms with E-state index in [4.69, 9.17) is 14.2 Å². The van der Waals surface area contributed by atoms with Gasteiger partial charge in [0.15, 0.2) is 17.3 Å². The van der Waals surface area contributed by atoms with Gasteiger partial charge in [0, 0.05) is 40.6 Å². The Morgan fingerprint density at radius 3 is 2.20 bits per heavy atom. The summed E-state index contributed by atoms with van der Waals surface area (Å²) in [5.74, 6) is 1.03. The van der Waals surface area contributed by atoms with Crippen molar-refractivity contribution in [2.45, 2.75) is 31.6 Å². The van der Waals surface area contributed by atoms with Crippen LogP contribution in [0.3, 0.4) is 0 Å². The second-order valence-electron chi connectivity index (χ2n) is 9.91. The second kappa shape index (κ2) is 11.2. The topological polar surface area (TPSA) is 106 Å². The number of ether oxygens (including phenoxy) is 3.